The molecule has 2 heterocycles. The molecule has 0 atom stereocenters. The van der Waals surface area contributed by atoms with Gasteiger partial charge < -0.3 is 10.3 Å². The van der Waals surface area contributed by atoms with E-state index in [0.29, 0.717) is 18.3 Å². The van der Waals surface area contributed by atoms with Gasteiger partial charge in [0, 0.05) is 24.0 Å². The van der Waals surface area contributed by atoms with E-state index in [9.17, 15) is 4.79 Å². The van der Waals surface area contributed by atoms with Gasteiger partial charge in [0.25, 0.3) is 0 Å². The first-order valence-corrected chi connectivity index (χ1v) is 9.65. The molecule has 0 saturated heterocycles. The number of rotatable bonds is 4. The van der Waals surface area contributed by atoms with Crippen LogP contribution < -0.4 is 16.7 Å². The van der Waals surface area contributed by atoms with E-state index in [1.165, 1.54) is 43.2 Å². The van der Waals surface area contributed by atoms with Crippen molar-refractivity contribution in [1.82, 2.24) is 15.3 Å². The molecule has 138 valence electrons. The molecule has 2 aliphatic rings. The third kappa shape index (κ3) is 4.34. The van der Waals surface area contributed by atoms with Crippen LogP contribution in [0.25, 0.3) is 0 Å². The normalized spacial score (nSPS) is 22.0. The van der Waals surface area contributed by atoms with Crippen LogP contribution in [-0.4, -0.2) is 15.8 Å². The van der Waals surface area contributed by atoms with Crippen molar-refractivity contribution in [2.24, 2.45) is 16.8 Å². The van der Waals surface area contributed by atoms with Crippen LogP contribution >= 0.6 is 15.9 Å². The molecule has 4 N–H and O–H groups in total. The fourth-order valence-corrected chi connectivity index (χ4v) is 3.59. The number of aromatic nitrogens is 1. The van der Waals surface area contributed by atoms with Gasteiger partial charge in [0.15, 0.2) is 0 Å². The number of hydrogen-bond acceptors (Lipinski definition) is 4. The van der Waals surface area contributed by atoms with E-state index in [2.05, 4.69) is 37.8 Å². The second-order valence-electron chi connectivity index (χ2n) is 6.57. The molecular formula is C19H24BrN5O. The summed E-state index contributed by atoms with van der Waals surface area (Å²) in [6.07, 6.45) is 11.6. The minimum Gasteiger partial charge on any atom is -0.343 e. The molecule has 0 aromatic carbocycles. The molecule has 1 aliphatic heterocycles. The van der Waals surface area contributed by atoms with E-state index in [4.69, 9.17) is 5.84 Å². The summed E-state index contributed by atoms with van der Waals surface area (Å²) < 4.78 is 0.790. The lowest BCUT2D eigenvalue weighted by Crippen LogP contribution is -2.46. The van der Waals surface area contributed by atoms with Crippen LogP contribution in [0.5, 0.6) is 0 Å². The van der Waals surface area contributed by atoms with Crippen LogP contribution in [0.4, 0.5) is 0 Å². The summed E-state index contributed by atoms with van der Waals surface area (Å²) in [5, 5.41) is 4.99. The Morgan fingerprint density at radius 1 is 1.38 bits per heavy atom. The lowest BCUT2D eigenvalue weighted by Gasteiger charge is -2.34. The summed E-state index contributed by atoms with van der Waals surface area (Å²) in [4.78, 5) is 18.5. The first-order chi connectivity index (χ1) is 12.6. The molecule has 0 spiro atoms. The molecule has 1 aromatic heterocycles. The van der Waals surface area contributed by atoms with Crippen molar-refractivity contribution in [3.8, 4) is 0 Å². The third-order valence-corrected chi connectivity index (χ3v) is 5.46. The van der Waals surface area contributed by atoms with Crippen molar-refractivity contribution < 1.29 is 0 Å². The number of halogens is 1. The van der Waals surface area contributed by atoms with Crippen LogP contribution in [0, 0.1) is 5.92 Å². The number of aromatic amines is 1. The van der Waals surface area contributed by atoms with Gasteiger partial charge in [0.1, 0.15) is 11.7 Å². The molecule has 1 saturated carbocycles. The number of nitrogens with zero attached hydrogens (tertiary/aromatic N) is 2. The Morgan fingerprint density at radius 2 is 2.15 bits per heavy atom. The molecule has 0 unspecified atom stereocenters. The minimum atomic E-state index is -0.122. The van der Waals surface area contributed by atoms with E-state index in [1.807, 2.05) is 6.08 Å². The minimum absolute atomic E-state index is 0.122. The molecule has 0 radical (unpaired) electrons. The number of allylic oxidation sites excluding steroid dienone is 3. The van der Waals surface area contributed by atoms with Crippen molar-refractivity contribution >= 4 is 21.8 Å². The highest BCUT2D eigenvalue weighted by Gasteiger charge is 2.26. The van der Waals surface area contributed by atoms with E-state index < -0.39 is 0 Å². The van der Waals surface area contributed by atoms with Gasteiger partial charge >= 0.3 is 0 Å². The summed E-state index contributed by atoms with van der Waals surface area (Å²) in [7, 11) is 0. The predicted molar refractivity (Wildman–Crippen MR) is 108 cm³/mol. The molecule has 3 rings (SSSR count). The zero-order chi connectivity index (χ0) is 18.5. The molecule has 0 bridgehead atoms. The van der Waals surface area contributed by atoms with Crippen LogP contribution in [0.2, 0.25) is 0 Å². The smallest absolute Gasteiger partial charge is 0.247 e. The molecule has 7 heteroatoms. The van der Waals surface area contributed by atoms with Crippen molar-refractivity contribution in [1.29, 1.82) is 0 Å². The van der Waals surface area contributed by atoms with Crippen molar-refractivity contribution in [2.75, 3.05) is 0 Å². The zero-order valence-corrected chi connectivity index (χ0v) is 16.3. The van der Waals surface area contributed by atoms with Crippen molar-refractivity contribution in [3.63, 3.8) is 0 Å². The van der Waals surface area contributed by atoms with E-state index >= 15 is 0 Å². The van der Waals surface area contributed by atoms with Gasteiger partial charge in [-0.3, -0.25) is 9.79 Å². The van der Waals surface area contributed by atoms with Crippen LogP contribution in [-0.2, 0) is 6.54 Å². The molecule has 26 heavy (non-hydrogen) atoms. The fourth-order valence-electron chi connectivity index (χ4n) is 3.30. The van der Waals surface area contributed by atoms with Gasteiger partial charge in [-0.15, -0.1) is 0 Å². The Hall–Kier alpha value is -2.12. The maximum absolute atomic E-state index is 11.2. The predicted octanol–water partition coefficient (Wildman–Crippen LogP) is 3.27. The monoisotopic (exact) mass is 417 g/mol. The maximum atomic E-state index is 11.2. The highest BCUT2D eigenvalue weighted by Crippen LogP contribution is 2.31. The third-order valence-electron chi connectivity index (χ3n) is 4.76. The number of hydrogen-bond donors (Lipinski definition) is 3. The highest BCUT2D eigenvalue weighted by atomic mass is 79.9. The number of amidine groups is 1. The summed E-state index contributed by atoms with van der Waals surface area (Å²) >= 11 is 3.52. The van der Waals surface area contributed by atoms with E-state index in [1.54, 1.807) is 18.3 Å². The molecule has 1 aromatic rings. The van der Waals surface area contributed by atoms with Gasteiger partial charge in [-0.25, -0.2) is 10.9 Å². The Kier molecular flexibility index (Phi) is 6.11. The fraction of sp³-hybridized carbons (Fsp3) is 0.368. The SMILES string of the molecule is C=C/C(Br)=C1/NC(C2CCCCC2)=CC(=NCc2ccc(=O)[nH]c2)N1N. The summed E-state index contributed by atoms with van der Waals surface area (Å²) in [5.41, 5.74) is 1.95. The van der Waals surface area contributed by atoms with Gasteiger partial charge in [-0.05, 0) is 40.3 Å². The number of H-pyrrole nitrogens is 1. The first kappa shape index (κ1) is 18.7. The molecule has 0 amide bonds. The second kappa shape index (κ2) is 8.51. The Labute approximate surface area is 161 Å². The lowest BCUT2D eigenvalue weighted by atomic mass is 9.86. The first-order valence-electron chi connectivity index (χ1n) is 8.86. The molecule has 1 fully saturated rings. The van der Waals surface area contributed by atoms with Gasteiger partial charge in [0.05, 0.1) is 11.0 Å². The van der Waals surface area contributed by atoms with Crippen LogP contribution in [0.3, 0.4) is 0 Å². The van der Waals surface area contributed by atoms with Crippen LogP contribution in [0.1, 0.15) is 37.7 Å². The average Bonchev–Trinajstić information content (AvgIpc) is 2.68. The standard InChI is InChI=1S/C19H24BrN5O/c1-2-15(20)19-24-16(14-6-4-3-5-7-14)10-17(25(19)21)22-11-13-8-9-18(26)23-12-13/h2,8-10,12,14,24H,1,3-7,11,21H2,(H,23,26)/b19-15+,22-17?. The van der Waals surface area contributed by atoms with Crippen LogP contribution in [0.15, 0.2) is 62.8 Å². The van der Waals surface area contributed by atoms with Gasteiger partial charge in [0.2, 0.25) is 5.56 Å². The van der Waals surface area contributed by atoms with Crippen molar-refractivity contribution in [3.05, 3.63) is 69.0 Å². The number of aliphatic imine (C=N–C) groups is 1. The lowest BCUT2D eigenvalue weighted by molar-refractivity contribution is 0.375. The Morgan fingerprint density at radius 3 is 2.81 bits per heavy atom. The Balaban J connectivity index is 1.91. The topological polar surface area (TPSA) is 86.5 Å². The maximum Gasteiger partial charge on any atom is 0.247 e. The quantitative estimate of drug-likeness (QED) is 0.656. The second-order valence-corrected chi connectivity index (χ2v) is 7.42. The number of pyridine rings is 1. The molecule has 6 nitrogen and oxygen atoms in total. The molecule has 1 aliphatic carbocycles. The summed E-state index contributed by atoms with van der Waals surface area (Å²) in [5.74, 6) is 8.20. The number of nitrogens with two attached hydrogens (primary N) is 1. The molecular weight excluding hydrogens is 394 g/mol. The van der Waals surface area contributed by atoms with Gasteiger partial charge in [-0.2, -0.15) is 0 Å². The highest BCUT2D eigenvalue weighted by molar-refractivity contribution is 9.11. The number of hydrazine groups is 1. The zero-order valence-electron chi connectivity index (χ0n) is 14.7. The van der Waals surface area contributed by atoms with E-state index in [0.717, 1.165) is 21.6 Å². The van der Waals surface area contributed by atoms with E-state index in [-0.39, 0.29) is 5.56 Å². The van der Waals surface area contributed by atoms with Gasteiger partial charge in [-0.1, -0.05) is 38.0 Å². The number of nitrogens with one attached hydrogen (secondary N) is 2. The average molecular weight is 418 g/mol. The Bertz CT molecular complexity index is 797. The summed E-state index contributed by atoms with van der Waals surface area (Å²) in [6.45, 7) is 4.25. The largest absolute Gasteiger partial charge is 0.343 e. The van der Waals surface area contributed by atoms with Crippen molar-refractivity contribution in [2.45, 2.75) is 38.6 Å². The summed E-state index contributed by atoms with van der Waals surface area (Å²) in [6, 6.07) is 3.27.